The van der Waals surface area contributed by atoms with Gasteiger partial charge in [0.2, 0.25) is 5.78 Å². The first kappa shape index (κ1) is 34.1. The van der Waals surface area contributed by atoms with E-state index in [0.29, 0.717) is 5.56 Å². The van der Waals surface area contributed by atoms with Gasteiger partial charge in [-0.3, -0.25) is 24.0 Å². The fraction of sp³-hybridized carbons (Fsp3) is 0.571. The molecular weight excluding hydrogens is 580 g/mol. The van der Waals surface area contributed by atoms with E-state index in [0.717, 1.165) is 6.92 Å². The van der Waals surface area contributed by atoms with Crippen molar-refractivity contribution in [2.45, 2.75) is 98.7 Å². The van der Waals surface area contributed by atoms with Crippen LogP contribution in [0.3, 0.4) is 0 Å². The number of aromatic hydroxyl groups is 1. The van der Waals surface area contributed by atoms with Crippen LogP contribution in [0.1, 0.15) is 103 Å². The molecule has 1 aromatic carbocycles. The number of allylic oxidation sites excluding steroid dienone is 2. The van der Waals surface area contributed by atoms with E-state index in [1.807, 2.05) is 0 Å². The zero-order valence-corrected chi connectivity index (χ0v) is 27.4. The smallest absolute Gasteiger partial charge is 0.306 e. The summed E-state index contributed by atoms with van der Waals surface area (Å²) in [6, 6.07) is 4.56. The molecular formula is C35H44O10. The zero-order valence-electron chi connectivity index (χ0n) is 27.4. The molecule has 0 saturated heterocycles. The third-order valence-corrected chi connectivity index (χ3v) is 10.5. The third kappa shape index (κ3) is 4.75. The van der Waals surface area contributed by atoms with Crippen LogP contribution in [0, 0.1) is 28.6 Å². The van der Waals surface area contributed by atoms with E-state index in [2.05, 4.69) is 0 Å². The summed E-state index contributed by atoms with van der Waals surface area (Å²) in [4.78, 5) is 67.5. The maximum absolute atomic E-state index is 14.3. The van der Waals surface area contributed by atoms with Crippen LogP contribution in [0.5, 0.6) is 5.75 Å². The van der Waals surface area contributed by atoms with Crippen molar-refractivity contribution >= 4 is 29.1 Å². The van der Waals surface area contributed by atoms with Crippen LogP contribution < -0.4 is 0 Å². The second-order valence-electron chi connectivity index (χ2n) is 14.5. The lowest BCUT2D eigenvalue weighted by atomic mass is 9.38. The van der Waals surface area contributed by atoms with Crippen molar-refractivity contribution in [1.82, 2.24) is 0 Å². The monoisotopic (exact) mass is 624 g/mol. The fourth-order valence-corrected chi connectivity index (χ4v) is 8.49. The highest BCUT2D eigenvalue weighted by Crippen LogP contribution is 2.71. The van der Waals surface area contributed by atoms with Crippen molar-refractivity contribution in [3.63, 3.8) is 0 Å². The molecule has 0 aliphatic heterocycles. The first-order chi connectivity index (χ1) is 20.6. The molecule has 244 valence electrons. The molecule has 0 spiro atoms. The molecule has 3 aliphatic rings. The minimum atomic E-state index is -2.89. The lowest BCUT2D eigenvalue weighted by molar-refractivity contribution is -0.193. The summed E-state index contributed by atoms with van der Waals surface area (Å²) >= 11 is 0. The molecule has 0 heterocycles. The maximum atomic E-state index is 14.3. The van der Waals surface area contributed by atoms with Gasteiger partial charge in [0.25, 0.3) is 0 Å². The summed E-state index contributed by atoms with van der Waals surface area (Å²) in [7, 11) is 0. The quantitative estimate of drug-likeness (QED) is 0.233. The fourth-order valence-electron chi connectivity index (χ4n) is 8.49. The number of ether oxygens (including phenoxy) is 1. The Bertz CT molecular complexity index is 1570. The highest BCUT2D eigenvalue weighted by Gasteiger charge is 2.75. The van der Waals surface area contributed by atoms with Gasteiger partial charge in [-0.2, -0.15) is 0 Å². The number of Topliss-reactive ketones (excluding diaryl/α,β-unsaturated/α-hetero) is 4. The number of hydrogen-bond acceptors (Lipinski definition) is 10. The van der Waals surface area contributed by atoms with Crippen LogP contribution in [0.25, 0.3) is 0 Å². The van der Waals surface area contributed by atoms with Gasteiger partial charge in [0.15, 0.2) is 17.2 Å². The second-order valence-corrected chi connectivity index (χ2v) is 14.5. The van der Waals surface area contributed by atoms with Crippen LogP contribution >= 0.6 is 0 Å². The standard InChI is InChI=1S/C35H44O10/c1-16(2)26-28(40)24(18(4)36)30(42)35(44)31(43)27-29(41)25-20(11-10-12-21(25)38)17(3)33(27,8)22(34(26,35)9)15-19(37)13-14-23(39)45-32(5,6)7/h10-12,16-17,22,26,38,40,43-44H,13-15H2,1-9H3/t17-,22-,26?,33-,34-,35+/m1/s1. The first-order valence-corrected chi connectivity index (χ1v) is 15.3. The molecule has 6 atom stereocenters. The maximum Gasteiger partial charge on any atom is 0.306 e. The Morgan fingerprint density at radius 1 is 1.02 bits per heavy atom. The Morgan fingerprint density at radius 3 is 2.16 bits per heavy atom. The molecule has 0 saturated carbocycles. The molecule has 4 N–H and O–H groups in total. The minimum Gasteiger partial charge on any atom is -0.511 e. The highest BCUT2D eigenvalue weighted by molar-refractivity contribution is 6.25. The van der Waals surface area contributed by atoms with Crippen molar-refractivity contribution in [2.24, 2.45) is 28.6 Å². The van der Waals surface area contributed by atoms with E-state index in [1.165, 1.54) is 13.0 Å². The summed E-state index contributed by atoms with van der Waals surface area (Å²) in [6.45, 7) is 14.6. The van der Waals surface area contributed by atoms with E-state index < -0.39 is 91.9 Å². The number of phenolic OH excluding ortho intramolecular Hbond substituents is 1. The molecule has 0 bridgehead atoms. The first-order valence-electron chi connectivity index (χ1n) is 15.3. The van der Waals surface area contributed by atoms with Gasteiger partial charge < -0.3 is 25.2 Å². The molecule has 1 aromatic rings. The van der Waals surface area contributed by atoms with Crippen molar-refractivity contribution < 1.29 is 49.1 Å². The van der Waals surface area contributed by atoms with Gasteiger partial charge in [-0.05, 0) is 57.1 Å². The summed E-state index contributed by atoms with van der Waals surface area (Å²) in [5.41, 5.74) is -7.57. The number of esters is 1. The van der Waals surface area contributed by atoms with Gasteiger partial charge in [0.1, 0.15) is 34.2 Å². The number of benzene rings is 1. The molecule has 10 heteroatoms. The third-order valence-electron chi connectivity index (χ3n) is 10.5. The molecule has 1 unspecified atom stereocenters. The molecule has 0 amide bonds. The number of phenols is 1. The summed E-state index contributed by atoms with van der Waals surface area (Å²) in [5, 5.41) is 46.9. The highest BCUT2D eigenvalue weighted by atomic mass is 16.6. The van der Waals surface area contributed by atoms with Crippen LogP contribution in [0.4, 0.5) is 0 Å². The average Bonchev–Trinajstić information content (AvgIpc) is 2.90. The molecule has 10 nitrogen and oxygen atoms in total. The molecule has 0 fully saturated rings. The van der Waals surface area contributed by atoms with Crippen LogP contribution in [0.15, 0.2) is 40.9 Å². The van der Waals surface area contributed by atoms with E-state index >= 15 is 0 Å². The Hall–Kier alpha value is -3.79. The zero-order chi connectivity index (χ0) is 34.2. The molecule has 0 aromatic heterocycles. The lowest BCUT2D eigenvalue weighted by Crippen LogP contribution is -2.71. The van der Waals surface area contributed by atoms with E-state index in [9.17, 15) is 44.4 Å². The van der Waals surface area contributed by atoms with Crippen LogP contribution in [-0.4, -0.2) is 60.7 Å². The second kappa shape index (κ2) is 10.9. The predicted molar refractivity (Wildman–Crippen MR) is 164 cm³/mol. The van der Waals surface area contributed by atoms with Crippen molar-refractivity contribution in [3.05, 3.63) is 52.0 Å². The van der Waals surface area contributed by atoms with Crippen molar-refractivity contribution in [3.8, 4) is 5.75 Å². The minimum absolute atomic E-state index is 0.0971. The van der Waals surface area contributed by atoms with Gasteiger partial charge in [-0.25, -0.2) is 0 Å². The van der Waals surface area contributed by atoms with Crippen LogP contribution in [0.2, 0.25) is 0 Å². The van der Waals surface area contributed by atoms with Gasteiger partial charge in [0, 0.05) is 35.2 Å². The SMILES string of the molecule is CC(=O)C1=C(O)C(C(C)C)[C@@]2(C)[C@H](CC(=O)CCC(=O)OC(C)(C)C)[C@]3(C)C(=C(O)[C@@]2(O)C1=O)C(=O)c1c(O)cccc1[C@H]3C. The molecule has 4 rings (SSSR count). The number of fused-ring (bicyclic) bond motifs is 3. The number of aliphatic hydroxyl groups excluding tert-OH is 2. The number of carbonyl (C=O) groups is 5. The Kier molecular flexibility index (Phi) is 8.28. The van der Waals surface area contributed by atoms with Crippen molar-refractivity contribution in [2.75, 3.05) is 0 Å². The summed E-state index contributed by atoms with van der Waals surface area (Å²) in [6.07, 6.45) is -0.812. The number of aliphatic hydroxyl groups is 3. The predicted octanol–water partition coefficient (Wildman–Crippen LogP) is 5.21. The molecule has 45 heavy (non-hydrogen) atoms. The van der Waals surface area contributed by atoms with Crippen LogP contribution in [-0.2, 0) is 23.9 Å². The van der Waals surface area contributed by atoms with Gasteiger partial charge in [-0.15, -0.1) is 0 Å². The Morgan fingerprint density at radius 2 is 1.62 bits per heavy atom. The number of rotatable bonds is 7. The van der Waals surface area contributed by atoms with Gasteiger partial charge in [0.05, 0.1) is 12.0 Å². The lowest BCUT2D eigenvalue weighted by Gasteiger charge is -2.65. The van der Waals surface area contributed by atoms with Crippen molar-refractivity contribution in [1.29, 1.82) is 0 Å². The van der Waals surface area contributed by atoms with E-state index in [1.54, 1.807) is 60.6 Å². The average molecular weight is 625 g/mol. The largest absolute Gasteiger partial charge is 0.511 e. The van der Waals surface area contributed by atoms with E-state index in [-0.39, 0.29) is 36.1 Å². The Labute approximate surface area is 263 Å². The van der Waals surface area contributed by atoms with Gasteiger partial charge in [-0.1, -0.05) is 46.8 Å². The summed E-state index contributed by atoms with van der Waals surface area (Å²) in [5.74, 6) is -9.17. The molecule has 0 radical (unpaired) electrons. The summed E-state index contributed by atoms with van der Waals surface area (Å²) < 4.78 is 5.36. The number of carbonyl (C=O) groups excluding carboxylic acids is 5. The Balaban J connectivity index is 2.03. The number of hydrogen-bond donors (Lipinski definition) is 4. The van der Waals surface area contributed by atoms with Gasteiger partial charge >= 0.3 is 5.97 Å². The molecule has 3 aliphatic carbocycles. The van der Waals surface area contributed by atoms with E-state index in [4.69, 9.17) is 4.74 Å². The number of ketones is 4. The topological polar surface area (TPSA) is 176 Å². The normalized spacial score (nSPS) is 31.4.